The Morgan fingerprint density at radius 1 is 0.960 bits per heavy atom. The minimum absolute atomic E-state index is 0.154. The molecule has 25 heavy (non-hydrogen) atoms. The average Bonchev–Trinajstić information content (AvgIpc) is 3.05. The molecule has 0 N–H and O–H groups in total. The van der Waals surface area contributed by atoms with Gasteiger partial charge in [0.2, 0.25) is 0 Å². The summed E-state index contributed by atoms with van der Waals surface area (Å²) in [6.07, 6.45) is 2.28. The summed E-state index contributed by atoms with van der Waals surface area (Å²) in [5.41, 5.74) is 5.69. The van der Waals surface area contributed by atoms with Crippen LogP contribution in [0, 0.1) is 0 Å². The molecule has 0 fully saturated rings. The highest BCUT2D eigenvalue weighted by molar-refractivity contribution is 5.78. The van der Waals surface area contributed by atoms with E-state index < -0.39 is 0 Å². The maximum atomic E-state index is 11.4. The number of hydrogen-bond donors (Lipinski definition) is 0. The second-order valence-electron chi connectivity index (χ2n) is 6.08. The van der Waals surface area contributed by atoms with Gasteiger partial charge in [-0.25, -0.2) is 9.50 Å². The summed E-state index contributed by atoms with van der Waals surface area (Å²) in [7, 11) is 0. The molecule has 0 saturated heterocycles. The van der Waals surface area contributed by atoms with Crippen molar-refractivity contribution in [3.05, 3.63) is 78.5 Å². The Labute approximate surface area is 145 Å². The standard InChI is InChI=1S/C21H17N3O/c1-15(25)12-16-6-5-9-18(13-16)19-10-11-21-22-14-20(24(21)23-19)17-7-3-2-4-8-17/h2-11,13-14H,12H2,1H3. The zero-order chi connectivity index (χ0) is 17.2. The zero-order valence-corrected chi connectivity index (χ0v) is 13.9. The lowest BCUT2D eigenvalue weighted by Gasteiger charge is -2.06. The Morgan fingerprint density at radius 2 is 1.76 bits per heavy atom. The summed E-state index contributed by atoms with van der Waals surface area (Å²) in [5.74, 6) is 0.154. The fourth-order valence-corrected chi connectivity index (χ4v) is 2.96. The summed E-state index contributed by atoms with van der Waals surface area (Å²) in [4.78, 5) is 15.8. The first kappa shape index (κ1) is 15.3. The van der Waals surface area contributed by atoms with Crippen LogP contribution in [0.3, 0.4) is 0 Å². The van der Waals surface area contributed by atoms with Crippen molar-refractivity contribution in [1.29, 1.82) is 0 Å². The number of rotatable bonds is 4. The van der Waals surface area contributed by atoms with Crippen molar-refractivity contribution in [1.82, 2.24) is 14.6 Å². The molecule has 122 valence electrons. The van der Waals surface area contributed by atoms with Gasteiger partial charge in [-0.1, -0.05) is 48.5 Å². The fraction of sp³-hybridized carbons (Fsp3) is 0.0952. The van der Waals surface area contributed by atoms with Gasteiger partial charge in [0.15, 0.2) is 5.65 Å². The van der Waals surface area contributed by atoms with Crippen LogP contribution in [-0.4, -0.2) is 20.4 Å². The molecule has 4 heteroatoms. The van der Waals surface area contributed by atoms with Gasteiger partial charge in [-0.05, 0) is 30.7 Å². The Bertz CT molecular complexity index is 1050. The number of fused-ring (bicyclic) bond motifs is 1. The van der Waals surface area contributed by atoms with Gasteiger partial charge in [-0.3, -0.25) is 4.79 Å². The van der Waals surface area contributed by atoms with Crippen LogP contribution in [0.15, 0.2) is 72.9 Å². The molecule has 0 radical (unpaired) electrons. The molecule has 0 aliphatic rings. The van der Waals surface area contributed by atoms with Gasteiger partial charge in [0.05, 0.1) is 17.6 Å². The number of hydrogen-bond acceptors (Lipinski definition) is 3. The van der Waals surface area contributed by atoms with E-state index in [0.717, 1.165) is 33.7 Å². The molecule has 4 rings (SSSR count). The molecule has 0 aliphatic heterocycles. The highest BCUT2D eigenvalue weighted by Gasteiger charge is 2.09. The van der Waals surface area contributed by atoms with Crippen molar-refractivity contribution < 1.29 is 4.79 Å². The number of aromatic nitrogens is 3. The third-order valence-electron chi connectivity index (χ3n) is 4.11. The van der Waals surface area contributed by atoms with Crippen molar-refractivity contribution in [2.45, 2.75) is 13.3 Å². The number of imidazole rings is 1. The predicted octanol–water partition coefficient (Wildman–Crippen LogP) is 4.19. The largest absolute Gasteiger partial charge is 0.300 e. The van der Waals surface area contributed by atoms with Crippen LogP contribution in [0.2, 0.25) is 0 Å². The molecule has 2 aromatic heterocycles. The SMILES string of the molecule is CC(=O)Cc1cccc(-c2ccc3ncc(-c4ccccc4)n3n2)c1. The van der Waals surface area contributed by atoms with Gasteiger partial charge in [-0.2, -0.15) is 5.10 Å². The van der Waals surface area contributed by atoms with E-state index in [1.54, 1.807) is 6.92 Å². The highest BCUT2D eigenvalue weighted by atomic mass is 16.1. The van der Waals surface area contributed by atoms with Crippen molar-refractivity contribution in [2.75, 3.05) is 0 Å². The lowest BCUT2D eigenvalue weighted by molar-refractivity contribution is -0.116. The lowest BCUT2D eigenvalue weighted by Crippen LogP contribution is -1.98. The summed E-state index contributed by atoms with van der Waals surface area (Å²) in [5, 5.41) is 4.77. The van der Waals surface area contributed by atoms with E-state index in [1.807, 2.05) is 77.4 Å². The number of ketones is 1. The van der Waals surface area contributed by atoms with Gasteiger partial charge in [0, 0.05) is 17.5 Å². The van der Waals surface area contributed by atoms with Gasteiger partial charge in [0.1, 0.15) is 5.78 Å². The first-order valence-corrected chi connectivity index (χ1v) is 8.20. The fourth-order valence-electron chi connectivity index (χ4n) is 2.96. The van der Waals surface area contributed by atoms with E-state index in [4.69, 9.17) is 5.10 Å². The molecule has 0 spiro atoms. The number of Topliss-reactive ketones (excluding diaryl/α,β-unsaturated/α-hetero) is 1. The maximum Gasteiger partial charge on any atom is 0.154 e. The van der Waals surface area contributed by atoms with Crippen LogP contribution >= 0.6 is 0 Å². The summed E-state index contributed by atoms with van der Waals surface area (Å²) in [6, 6.07) is 22.0. The van der Waals surface area contributed by atoms with Crippen molar-refractivity contribution in [3.8, 4) is 22.5 Å². The van der Waals surface area contributed by atoms with E-state index in [-0.39, 0.29) is 5.78 Å². The predicted molar refractivity (Wildman–Crippen MR) is 98.2 cm³/mol. The summed E-state index contributed by atoms with van der Waals surface area (Å²) < 4.78 is 1.86. The molecule has 0 unspecified atom stereocenters. The summed E-state index contributed by atoms with van der Waals surface area (Å²) in [6.45, 7) is 1.61. The van der Waals surface area contributed by atoms with Crippen molar-refractivity contribution >= 4 is 11.4 Å². The van der Waals surface area contributed by atoms with Gasteiger partial charge < -0.3 is 0 Å². The molecule has 0 aliphatic carbocycles. The molecule has 0 amide bonds. The van der Waals surface area contributed by atoms with Gasteiger partial charge >= 0.3 is 0 Å². The Hall–Kier alpha value is -3.27. The Morgan fingerprint density at radius 3 is 2.56 bits per heavy atom. The second kappa shape index (κ2) is 6.32. The van der Waals surface area contributed by atoms with E-state index in [2.05, 4.69) is 4.98 Å². The smallest absolute Gasteiger partial charge is 0.154 e. The molecular weight excluding hydrogens is 310 g/mol. The first-order valence-electron chi connectivity index (χ1n) is 8.20. The Kier molecular flexibility index (Phi) is 3.86. The molecule has 2 aromatic carbocycles. The maximum absolute atomic E-state index is 11.4. The molecule has 4 nitrogen and oxygen atoms in total. The number of benzene rings is 2. The minimum Gasteiger partial charge on any atom is -0.300 e. The molecule has 0 saturated carbocycles. The van der Waals surface area contributed by atoms with Crippen LogP contribution < -0.4 is 0 Å². The van der Waals surface area contributed by atoms with Gasteiger partial charge in [-0.15, -0.1) is 0 Å². The van der Waals surface area contributed by atoms with Crippen molar-refractivity contribution in [3.63, 3.8) is 0 Å². The lowest BCUT2D eigenvalue weighted by atomic mass is 10.0. The van der Waals surface area contributed by atoms with Crippen LogP contribution in [0.5, 0.6) is 0 Å². The molecule has 4 aromatic rings. The molecule has 0 bridgehead atoms. The monoisotopic (exact) mass is 327 g/mol. The molecular formula is C21H17N3O. The number of carbonyl (C=O) groups is 1. The third-order valence-corrected chi connectivity index (χ3v) is 4.11. The summed E-state index contributed by atoms with van der Waals surface area (Å²) >= 11 is 0. The van der Waals surface area contributed by atoms with Crippen LogP contribution in [0.25, 0.3) is 28.2 Å². The number of carbonyl (C=O) groups excluding carboxylic acids is 1. The minimum atomic E-state index is 0.154. The number of nitrogens with zero attached hydrogens (tertiary/aromatic N) is 3. The average molecular weight is 327 g/mol. The molecule has 2 heterocycles. The third kappa shape index (κ3) is 3.06. The highest BCUT2D eigenvalue weighted by Crippen LogP contribution is 2.23. The van der Waals surface area contributed by atoms with Gasteiger partial charge in [0.25, 0.3) is 0 Å². The van der Waals surface area contributed by atoms with E-state index in [1.165, 1.54) is 0 Å². The Balaban J connectivity index is 1.80. The van der Waals surface area contributed by atoms with Crippen LogP contribution in [0.1, 0.15) is 12.5 Å². The van der Waals surface area contributed by atoms with E-state index >= 15 is 0 Å². The van der Waals surface area contributed by atoms with Crippen LogP contribution in [0.4, 0.5) is 0 Å². The quantitative estimate of drug-likeness (QED) is 0.564. The normalized spacial score (nSPS) is 10.9. The van der Waals surface area contributed by atoms with E-state index in [9.17, 15) is 4.79 Å². The molecule has 0 atom stereocenters. The van der Waals surface area contributed by atoms with Crippen LogP contribution in [-0.2, 0) is 11.2 Å². The second-order valence-corrected chi connectivity index (χ2v) is 6.08. The topological polar surface area (TPSA) is 47.3 Å². The van der Waals surface area contributed by atoms with Crippen molar-refractivity contribution in [2.24, 2.45) is 0 Å². The van der Waals surface area contributed by atoms with E-state index in [0.29, 0.717) is 6.42 Å². The first-order chi connectivity index (χ1) is 12.2. The zero-order valence-electron chi connectivity index (χ0n) is 13.9.